The van der Waals surface area contributed by atoms with Gasteiger partial charge in [0.25, 0.3) is 0 Å². The third kappa shape index (κ3) is 2.36. The molecule has 1 aliphatic heterocycles. The number of aliphatic hydroxyl groups is 1. The van der Waals surface area contributed by atoms with E-state index in [1.165, 1.54) is 0 Å². The Morgan fingerprint density at radius 1 is 1.41 bits per heavy atom. The van der Waals surface area contributed by atoms with Gasteiger partial charge in [0.15, 0.2) is 0 Å². The number of hydrogen-bond donors (Lipinski definition) is 4. The molecular formula is C11H13N3O3. The summed E-state index contributed by atoms with van der Waals surface area (Å²) in [5.74, 6) is -0.718. The fraction of sp³-hybridized carbons (Fsp3) is 0.273. The minimum absolute atomic E-state index is 0.132. The molecule has 1 unspecified atom stereocenters. The SMILES string of the molecule is NC(=O)Cc1ccc2c(c1)NC(=O)C(CO)N2. The highest BCUT2D eigenvalue weighted by Gasteiger charge is 2.24. The summed E-state index contributed by atoms with van der Waals surface area (Å²) < 4.78 is 0. The Bertz CT molecular complexity index is 473. The predicted octanol–water partition coefficient (Wildman–Crippen LogP) is -0.561. The molecule has 1 heterocycles. The maximum absolute atomic E-state index is 11.5. The number of primary amides is 1. The lowest BCUT2D eigenvalue weighted by molar-refractivity contribution is -0.118. The Morgan fingerprint density at radius 3 is 2.82 bits per heavy atom. The minimum atomic E-state index is -0.635. The number of amides is 2. The van der Waals surface area contributed by atoms with Crippen LogP contribution in [0.3, 0.4) is 0 Å². The van der Waals surface area contributed by atoms with Crippen LogP contribution < -0.4 is 16.4 Å². The molecule has 6 nitrogen and oxygen atoms in total. The van der Waals surface area contributed by atoms with E-state index in [2.05, 4.69) is 10.6 Å². The molecule has 0 saturated heterocycles. The Balaban J connectivity index is 2.26. The molecule has 1 aromatic carbocycles. The van der Waals surface area contributed by atoms with E-state index in [9.17, 15) is 9.59 Å². The molecule has 17 heavy (non-hydrogen) atoms. The molecule has 1 aromatic rings. The molecule has 0 radical (unpaired) electrons. The highest BCUT2D eigenvalue weighted by molar-refractivity contribution is 6.03. The van der Waals surface area contributed by atoms with E-state index in [0.717, 1.165) is 11.3 Å². The second-order valence-corrected chi connectivity index (χ2v) is 3.89. The molecule has 1 aliphatic rings. The van der Waals surface area contributed by atoms with Crippen LogP contribution in [0.5, 0.6) is 0 Å². The quantitative estimate of drug-likeness (QED) is 0.563. The van der Waals surface area contributed by atoms with Gasteiger partial charge in [-0.1, -0.05) is 6.07 Å². The van der Waals surface area contributed by atoms with Gasteiger partial charge in [0.2, 0.25) is 11.8 Å². The number of carbonyl (C=O) groups excluding carboxylic acids is 2. The van der Waals surface area contributed by atoms with Crippen LogP contribution >= 0.6 is 0 Å². The molecule has 6 heteroatoms. The van der Waals surface area contributed by atoms with Crippen molar-refractivity contribution in [2.45, 2.75) is 12.5 Å². The van der Waals surface area contributed by atoms with Crippen molar-refractivity contribution >= 4 is 23.2 Å². The lowest BCUT2D eigenvalue weighted by atomic mass is 10.1. The lowest BCUT2D eigenvalue weighted by Gasteiger charge is -2.25. The first kappa shape index (κ1) is 11.4. The minimum Gasteiger partial charge on any atom is -0.394 e. The summed E-state index contributed by atoms with van der Waals surface area (Å²) in [4.78, 5) is 22.3. The van der Waals surface area contributed by atoms with Crippen LogP contribution in [0.25, 0.3) is 0 Å². The van der Waals surface area contributed by atoms with E-state index in [1.54, 1.807) is 18.2 Å². The summed E-state index contributed by atoms with van der Waals surface area (Å²) in [5.41, 5.74) is 7.15. The molecule has 2 rings (SSSR count). The highest BCUT2D eigenvalue weighted by Crippen LogP contribution is 2.27. The molecular weight excluding hydrogens is 222 g/mol. The zero-order chi connectivity index (χ0) is 12.4. The molecule has 0 saturated carbocycles. The second kappa shape index (κ2) is 4.42. The number of nitrogens with one attached hydrogen (secondary N) is 2. The predicted molar refractivity (Wildman–Crippen MR) is 62.5 cm³/mol. The largest absolute Gasteiger partial charge is 0.394 e. The summed E-state index contributed by atoms with van der Waals surface area (Å²) in [6.07, 6.45) is 0.132. The summed E-state index contributed by atoms with van der Waals surface area (Å²) in [7, 11) is 0. The highest BCUT2D eigenvalue weighted by atomic mass is 16.3. The van der Waals surface area contributed by atoms with Crippen molar-refractivity contribution in [1.82, 2.24) is 0 Å². The molecule has 0 fully saturated rings. The maximum Gasteiger partial charge on any atom is 0.249 e. The van der Waals surface area contributed by atoms with E-state index >= 15 is 0 Å². The average Bonchev–Trinajstić information content (AvgIpc) is 2.27. The third-order valence-electron chi connectivity index (χ3n) is 2.55. The molecule has 0 aromatic heterocycles. The molecule has 0 spiro atoms. The van der Waals surface area contributed by atoms with Crippen molar-refractivity contribution in [2.75, 3.05) is 17.2 Å². The summed E-state index contributed by atoms with van der Waals surface area (Å²) >= 11 is 0. The number of rotatable bonds is 3. The van der Waals surface area contributed by atoms with Crippen molar-refractivity contribution in [1.29, 1.82) is 0 Å². The first-order chi connectivity index (χ1) is 8.10. The lowest BCUT2D eigenvalue weighted by Crippen LogP contribution is -2.41. The van der Waals surface area contributed by atoms with E-state index in [-0.39, 0.29) is 18.9 Å². The zero-order valence-electron chi connectivity index (χ0n) is 9.06. The van der Waals surface area contributed by atoms with Gasteiger partial charge in [-0.15, -0.1) is 0 Å². The topological polar surface area (TPSA) is 104 Å². The Labute approximate surface area is 97.8 Å². The maximum atomic E-state index is 11.5. The van der Waals surface area contributed by atoms with Crippen LogP contribution in [-0.4, -0.2) is 29.6 Å². The summed E-state index contributed by atoms with van der Waals surface area (Å²) in [6.45, 7) is -0.270. The average molecular weight is 235 g/mol. The Kier molecular flexibility index (Phi) is 2.97. The monoisotopic (exact) mass is 235 g/mol. The normalized spacial score (nSPS) is 17.9. The van der Waals surface area contributed by atoms with Gasteiger partial charge in [0.05, 0.1) is 24.4 Å². The van der Waals surface area contributed by atoms with Gasteiger partial charge in [-0.25, -0.2) is 0 Å². The van der Waals surface area contributed by atoms with Crippen LogP contribution in [0.15, 0.2) is 18.2 Å². The first-order valence-corrected chi connectivity index (χ1v) is 5.19. The summed E-state index contributed by atoms with van der Waals surface area (Å²) in [6, 6.07) is 4.56. The van der Waals surface area contributed by atoms with Gasteiger partial charge in [-0.2, -0.15) is 0 Å². The standard InChI is InChI=1S/C11H13N3O3/c12-10(16)4-6-1-2-7-8(3-6)14-11(17)9(5-15)13-7/h1-3,9,13,15H,4-5H2,(H2,12,16)(H,14,17). The summed E-state index contributed by atoms with van der Waals surface area (Å²) in [5, 5.41) is 14.5. The van der Waals surface area contributed by atoms with Gasteiger partial charge in [0.1, 0.15) is 6.04 Å². The second-order valence-electron chi connectivity index (χ2n) is 3.89. The van der Waals surface area contributed by atoms with Crippen molar-refractivity contribution in [3.8, 4) is 0 Å². The van der Waals surface area contributed by atoms with Gasteiger partial charge in [-0.3, -0.25) is 9.59 Å². The van der Waals surface area contributed by atoms with E-state index in [0.29, 0.717) is 5.69 Å². The number of aliphatic hydroxyl groups excluding tert-OH is 1. The fourth-order valence-corrected chi connectivity index (χ4v) is 1.73. The zero-order valence-corrected chi connectivity index (χ0v) is 9.06. The van der Waals surface area contributed by atoms with Crippen LogP contribution in [0.2, 0.25) is 0 Å². The Hall–Kier alpha value is -2.08. The van der Waals surface area contributed by atoms with Crippen molar-refractivity contribution in [3.63, 3.8) is 0 Å². The smallest absolute Gasteiger partial charge is 0.249 e. The molecule has 0 aliphatic carbocycles. The van der Waals surface area contributed by atoms with Crippen LogP contribution in [0.4, 0.5) is 11.4 Å². The van der Waals surface area contributed by atoms with Crippen LogP contribution in [0, 0.1) is 0 Å². The fourth-order valence-electron chi connectivity index (χ4n) is 1.73. The number of nitrogens with two attached hydrogens (primary N) is 1. The molecule has 1 atom stereocenters. The van der Waals surface area contributed by atoms with Crippen molar-refractivity contribution in [2.24, 2.45) is 5.73 Å². The van der Waals surface area contributed by atoms with Gasteiger partial charge >= 0.3 is 0 Å². The van der Waals surface area contributed by atoms with Crippen molar-refractivity contribution < 1.29 is 14.7 Å². The Morgan fingerprint density at radius 2 is 2.18 bits per heavy atom. The van der Waals surface area contributed by atoms with Gasteiger partial charge in [0, 0.05) is 0 Å². The third-order valence-corrected chi connectivity index (χ3v) is 2.55. The van der Waals surface area contributed by atoms with E-state index < -0.39 is 11.9 Å². The molecule has 2 amide bonds. The molecule has 0 bridgehead atoms. The van der Waals surface area contributed by atoms with Crippen LogP contribution in [-0.2, 0) is 16.0 Å². The number of anilines is 2. The number of benzene rings is 1. The number of fused-ring (bicyclic) bond motifs is 1. The van der Waals surface area contributed by atoms with E-state index in [4.69, 9.17) is 10.8 Å². The molecule has 5 N–H and O–H groups in total. The number of hydrogen-bond acceptors (Lipinski definition) is 4. The first-order valence-electron chi connectivity index (χ1n) is 5.19. The number of carbonyl (C=O) groups is 2. The van der Waals surface area contributed by atoms with Crippen LogP contribution in [0.1, 0.15) is 5.56 Å². The van der Waals surface area contributed by atoms with Gasteiger partial charge in [-0.05, 0) is 17.7 Å². The molecule has 90 valence electrons. The van der Waals surface area contributed by atoms with E-state index in [1.807, 2.05) is 0 Å². The van der Waals surface area contributed by atoms with Gasteiger partial charge < -0.3 is 21.5 Å². The van der Waals surface area contributed by atoms with Crippen molar-refractivity contribution in [3.05, 3.63) is 23.8 Å².